The predicted octanol–water partition coefficient (Wildman–Crippen LogP) is 2.77. The van der Waals surface area contributed by atoms with Crippen LogP contribution in [0.15, 0.2) is 30.5 Å². The van der Waals surface area contributed by atoms with Crippen LogP contribution in [-0.2, 0) is 4.79 Å². The van der Waals surface area contributed by atoms with Gasteiger partial charge in [-0.3, -0.25) is 4.79 Å². The highest BCUT2D eigenvalue weighted by Gasteiger charge is 2.27. The van der Waals surface area contributed by atoms with Crippen molar-refractivity contribution in [2.24, 2.45) is 5.41 Å². The minimum atomic E-state index is -0.851. The van der Waals surface area contributed by atoms with E-state index < -0.39 is 11.4 Å². The second kappa shape index (κ2) is 5.36. The molecule has 0 saturated carbocycles. The summed E-state index contributed by atoms with van der Waals surface area (Å²) in [7, 11) is 1.62. The summed E-state index contributed by atoms with van der Waals surface area (Å²) in [4.78, 5) is 15.4. The van der Waals surface area contributed by atoms with E-state index in [2.05, 4.69) is 10.3 Å². The topological polar surface area (TPSA) is 71.5 Å². The molecule has 2 rings (SSSR count). The van der Waals surface area contributed by atoms with Crippen LogP contribution in [0.25, 0.3) is 10.8 Å². The number of rotatable bonds is 5. The minimum absolute atomic E-state index is 0.306. The molecule has 0 atom stereocenters. The van der Waals surface area contributed by atoms with Crippen LogP contribution in [0.3, 0.4) is 0 Å². The van der Waals surface area contributed by atoms with Gasteiger partial charge in [-0.2, -0.15) is 0 Å². The van der Waals surface area contributed by atoms with Crippen LogP contribution >= 0.6 is 0 Å². The Morgan fingerprint density at radius 3 is 2.80 bits per heavy atom. The maximum atomic E-state index is 11.1. The van der Waals surface area contributed by atoms with Crippen LogP contribution in [0, 0.1) is 5.41 Å². The number of hydrogen-bond donors (Lipinski definition) is 2. The quantitative estimate of drug-likeness (QED) is 0.877. The summed E-state index contributed by atoms with van der Waals surface area (Å²) >= 11 is 0. The lowest BCUT2D eigenvalue weighted by Gasteiger charge is -2.20. The van der Waals surface area contributed by atoms with Gasteiger partial charge in [0, 0.05) is 18.1 Å². The molecule has 1 aromatic heterocycles. The molecular weight excluding hydrogens is 256 g/mol. The number of fused-ring (bicyclic) bond motifs is 1. The van der Waals surface area contributed by atoms with Crippen molar-refractivity contribution < 1.29 is 14.6 Å². The third-order valence-electron chi connectivity index (χ3n) is 3.25. The first-order valence-electron chi connectivity index (χ1n) is 6.34. The number of pyridine rings is 1. The molecule has 0 bridgehead atoms. The van der Waals surface area contributed by atoms with E-state index in [1.54, 1.807) is 27.2 Å². The highest BCUT2D eigenvalue weighted by atomic mass is 16.5. The van der Waals surface area contributed by atoms with Gasteiger partial charge >= 0.3 is 5.97 Å². The van der Waals surface area contributed by atoms with E-state index in [1.165, 1.54) is 0 Å². The van der Waals surface area contributed by atoms with Gasteiger partial charge in [0.05, 0.1) is 12.5 Å². The number of aliphatic carboxylic acids is 1. The SMILES string of the molecule is COc1ccc2c(NCC(C)(C)C(=O)O)nccc2c1. The molecule has 1 aromatic carbocycles. The van der Waals surface area contributed by atoms with E-state index in [4.69, 9.17) is 9.84 Å². The van der Waals surface area contributed by atoms with Crippen molar-refractivity contribution in [3.63, 3.8) is 0 Å². The predicted molar refractivity (Wildman–Crippen MR) is 78.2 cm³/mol. The molecule has 0 amide bonds. The Morgan fingerprint density at radius 2 is 2.15 bits per heavy atom. The molecular formula is C15H18N2O3. The average molecular weight is 274 g/mol. The molecule has 0 unspecified atom stereocenters. The van der Waals surface area contributed by atoms with Crippen LogP contribution < -0.4 is 10.1 Å². The van der Waals surface area contributed by atoms with Crippen LogP contribution in [-0.4, -0.2) is 29.7 Å². The number of carboxylic acid groups (broad SMARTS) is 1. The monoisotopic (exact) mass is 274 g/mol. The molecule has 106 valence electrons. The van der Waals surface area contributed by atoms with E-state index in [0.29, 0.717) is 12.4 Å². The average Bonchev–Trinajstić information content (AvgIpc) is 2.44. The smallest absolute Gasteiger partial charge is 0.310 e. The zero-order chi connectivity index (χ0) is 14.8. The first kappa shape index (κ1) is 14.1. The van der Waals surface area contributed by atoms with Gasteiger partial charge in [-0.05, 0) is 43.5 Å². The van der Waals surface area contributed by atoms with Gasteiger partial charge in [0.2, 0.25) is 0 Å². The maximum Gasteiger partial charge on any atom is 0.310 e. The van der Waals surface area contributed by atoms with Gasteiger partial charge in [0.15, 0.2) is 0 Å². The van der Waals surface area contributed by atoms with E-state index in [0.717, 1.165) is 16.5 Å². The summed E-state index contributed by atoms with van der Waals surface area (Å²) in [5.74, 6) is 0.617. The number of aromatic nitrogens is 1. The number of carbonyl (C=O) groups is 1. The summed E-state index contributed by atoms with van der Waals surface area (Å²) in [6.07, 6.45) is 1.69. The Morgan fingerprint density at radius 1 is 1.40 bits per heavy atom. The first-order chi connectivity index (χ1) is 9.44. The second-order valence-corrected chi connectivity index (χ2v) is 5.29. The molecule has 20 heavy (non-hydrogen) atoms. The highest BCUT2D eigenvalue weighted by molar-refractivity contribution is 5.92. The summed E-state index contributed by atoms with van der Waals surface area (Å²) in [6.45, 7) is 3.66. The summed E-state index contributed by atoms with van der Waals surface area (Å²) in [5.41, 5.74) is -0.851. The molecule has 0 saturated heterocycles. The Labute approximate surface area is 117 Å². The summed E-state index contributed by atoms with van der Waals surface area (Å²) in [6, 6.07) is 7.59. The van der Waals surface area contributed by atoms with Crippen molar-refractivity contribution in [1.29, 1.82) is 0 Å². The molecule has 0 radical (unpaired) electrons. The van der Waals surface area contributed by atoms with Gasteiger partial charge in [0.25, 0.3) is 0 Å². The maximum absolute atomic E-state index is 11.1. The molecule has 5 nitrogen and oxygen atoms in total. The lowest BCUT2D eigenvalue weighted by molar-refractivity contribution is -0.146. The van der Waals surface area contributed by atoms with Gasteiger partial charge in [-0.15, -0.1) is 0 Å². The Kier molecular flexibility index (Phi) is 3.79. The summed E-state index contributed by atoms with van der Waals surface area (Å²) < 4.78 is 5.19. The first-order valence-corrected chi connectivity index (χ1v) is 6.34. The minimum Gasteiger partial charge on any atom is -0.497 e. The van der Waals surface area contributed by atoms with Crippen molar-refractivity contribution in [3.05, 3.63) is 30.5 Å². The van der Waals surface area contributed by atoms with Crippen LogP contribution in [0.4, 0.5) is 5.82 Å². The number of nitrogens with one attached hydrogen (secondary N) is 1. The van der Waals surface area contributed by atoms with E-state index in [-0.39, 0.29) is 0 Å². The zero-order valence-corrected chi connectivity index (χ0v) is 11.8. The molecule has 1 heterocycles. The van der Waals surface area contributed by atoms with E-state index in [9.17, 15) is 4.79 Å². The standard InChI is InChI=1S/C15H18N2O3/c1-15(2,14(18)19)9-17-13-12-5-4-11(20-3)8-10(12)6-7-16-13/h4-8H,9H2,1-3H3,(H,16,17)(H,18,19). The van der Waals surface area contributed by atoms with Crippen LogP contribution in [0.5, 0.6) is 5.75 Å². The molecule has 0 spiro atoms. The molecule has 0 aliphatic heterocycles. The molecule has 2 N–H and O–H groups in total. The number of anilines is 1. The fourth-order valence-corrected chi connectivity index (χ4v) is 1.80. The lowest BCUT2D eigenvalue weighted by atomic mass is 9.94. The van der Waals surface area contributed by atoms with Gasteiger partial charge < -0.3 is 15.2 Å². The normalized spacial score (nSPS) is 11.3. The molecule has 0 fully saturated rings. The number of nitrogens with zero attached hydrogens (tertiary/aromatic N) is 1. The molecule has 5 heteroatoms. The number of hydrogen-bond acceptors (Lipinski definition) is 4. The Hall–Kier alpha value is -2.30. The van der Waals surface area contributed by atoms with Gasteiger partial charge in [0.1, 0.15) is 11.6 Å². The molecule has 2 aromatic rings. The number of ether oxygens (including phenoxy) is 1. The fraction of sp³-hybridized carbons (Fsp3) is 0.333. The Balaban J connectivity index is 2.29. The van der Waals surface area contributed by atoms with Gasteiger partial charge in [-0.1, -0.05) is 0 Å². The number of carboxylic acids is 1. The van der Waals surface area contributed by atoms with Crippen LogP contribution in [0.1, 0.15) is 13.8 Å². The Bertz CT molecular complexity index is 638. The van der Waals surface area contributed by atoms with Crippen molar-refractivity contribution in [2.45, 2.75) is 13.8 Å². The van der Waals surface area contributed by atoms with Crippen LogP contribution in [0.2, 0.25) is 0 Å². The fourth-order valence-electron chi connectivity index (χ4n) is 1.80. The molecule has 0 aliphatic carbocycles. The highest BCUT2D eigenvalue weighted by Crippen LogP contribution is 2.26. The van der Waals surface area contributed by atoms with Gasteiger partial charge in [-0.25, -0.2) is 4.98 Å². The third kappa shape index (κ3) is 2.82. The largest absolute Gasteiger partial charge is 0.497 e. The number of methoxy groups -OCH3 is 1. The van der Waals surface area contributed by atoms with Crippen molar-refractivity contribution in [2.75, 3.05) is 19.0 Å². The number of benzene rings is 1. The lowest BCUT2D eigenvalue weighted by Crippen LogP contribution is -2.32. The van der Waals surface area contributed by atoms with E-state index in [1.807, 2.05) is 24.3 Å². The zero-order valence-electron chi connectivity index (χ0n) is 11.8. The van der Waals surface area contributed by atoms with Crippen molar-refractivity contribution in [3.8, 4) is 5.75 Å². The van der Waals surface area contributed by atoms with E-state index >= 15 is 0 Å². The van der Waals surface area contributed by atoms with Crippen molar-refractivity contribution in [1.82, 2.24) is 4.98 Å². The molecule has 0 aliphatic rings. The summed E-state index contributed by atoms with van der Waals surface area (Å²) in [5, 5.41) is 14.2. The second-order valence-electron chi connectivity index (χ2n) is 5.29. The third-order valence-corrected chi connectivity index (χ3v) is 3.25. The van der Waals surface area contributed by atoms with Crippen molar-refractivity contribution >= 4 is 22.6 Å².